The quantitative estimate of drug-likeness (QED) is 0.496. The van der Waals surface area contributed by atoms with Gasteiger partial charge in [-0.25, -0.2) is 4.79 Å². The van der Waals surface area contributed by atoms with Gasteiger partial charge in [0.2, 0.25) is 0 Å². The molecular formula is C16H20N2O9. The predicted octanol–water partition coefficient (Wildman–Crippen LogP) is -1.06. The lowest BCUT2D eigenvalue weighted by Crippen LogP contribution is -2.41. The molecule has 0 aromatic carbocycles. The van der Waals surface area contributed by atoms with E-state index in [1.54, 1.807) is 0 Å². The van der Waals surface area contributed by atoms with E-state index in [0.29, 0.717) is 0 Å². The first-order valence-corrected chi connectivity index (χ1v) is 8.03. The second kappa shape index (κ2) is 8.16. The van der Waals surface area contributed by atoms with Crippen LogP contribution in [0.5, 0.6) is 0 Å². The van der Waals surface area contributed by atoms with Gasteiger partial charge in [0.25, 0.3) is 5.56 Å². The van der Waals surface area contributed by atoms with E-state index in [1.807, 2.05) is 0 Å². The van der Waals surface area contributed by atoms with Gasteiger partial charge in [-0.3, -0.25) is 23.7 Å². The van der Waals surface area contributed by atoms with Gasteiger partial charge < -0.3 is 23.9 Å². The molecule has 2 heterocycles. The van der Waals surface area contributed by atoms with Gasteiger partial charge in [-0.15, -0.1) is 0 Å². The molecule has 0 aliphatic carbocycles. The molecule has 1 aromatic heterocycles. The predicted molar refractivity (Wildman–Crippen MR) is 87.7 cm³/mol. The Morgan fingerprint density at radius 1 is 1.07 bits per heavy atom. The van der Waals surface area contributed by atoms with E-state index in [2.05, 4.69) is 4.98 Å². The molecule has 0 bridgehead atoms. The van der Waals surface area contributed by atoms with E-state index in [0.717, 1.165) is 24.6 Å². The van der Waals surface area contributed by atoms with Gasteiger partial charge in [-0.1, -0.05) is 0 Å². The van der Waals surface area contributed by atoms with Crippen LogP contribution in [0.1, 0.15) is 32.4 Å². The number of aromatic nitrogens is 2. The van der Waals surface area contributed by atoms with E-state index in [4.69, 9.17) is 18.9 Å². The lowest BCUT2D eigenvalue weighted by Gasteiger charge is -2.23. The Labute approximate surface area is 153 Å². The van der Waals surface area contributed by atoms with E-state index in [9.17, 15) is 24.0 Å². The normalized spacial score (nSPS) is 24.3. The summed E-state index contributed by atoms with van der Waals surface area (Å²) in [5, 5.41) is 0. The molecule has 11 nitrogen and oxygen atoms in total. The maximum absolute atomic E-state index is 12.4. The SMILES string of the molecule is CC(=O)OC[C@H]1O[C@@H](c2c[nH]c(=O)n(C)c2=O)[C@H](OC(C)=O)[C@@H]1OC(C)=O. The van der Waals surface area contributed by atoms with Crippen molar-refractivity contribution in [2.45, 2.75) is 45.2 Å². The zero-order valence-corrected chi connectivity index (χ0v) is 15.2. The van der Waals surface area contributed by atoms with Crippen LogP contribution in [0.25, 0.3) is 0 Å². The first kappa shape index (κ1) is 20.4. The fraction of sp³-hybridized carbons (Fsp3) is 0.562. The minimum atomic E-state index is -1.18. The topological polar surface area (TPSA) is 143 Å². The number of carbonyl (C=O) groups excluding carboxylic acids is 3. The lowest BCUT2D eigenvalue weighted by molar-refractivity contribution is -0.165. The molecule has 4 atom stereocenters. The van der Waals surface area contributed by atoms with Gasteiger partial charge in [0.1, 0.15) is 18.8 Å². The van der Waals surface area contributed by atoms with Crippen LogP contribution in [-0.2, 0) is 40.4 Å². The molecule has 1 aliphatic rings. The number of nitrogens with one attached hydrogen (secondary N) is 1. The largest absolute Gasteiger partial charge is 0.463 e. The molecule has 1 aromatic rings. The monoisotopic (exact) mass is 384 g/mol. The van der Waals surface area contributed by atoms with Gasteiger partial charge in [0, 0.05) is 34.0 Å². The molecule has 1 aliphatic heterocycles. The van der Waals surface area contributed by atoms with Crippen LogP contribution in [0.4, 0.5) is 0 Å². The van der Waals surface area contributed by atoms with E-state index >= 15 is 0 Å². The molecule has 148 valence electrons. The minimum Gasteiger partial charge on any atom is -0.463 e. The highest BCUT2D eigenvalue weighted by Crippen LogP contribution is 2.36. The van der Waals surface area contributed by atoms with E-state index in [1.165, 1.54) is 14.0 Å². The van der Waals surface area contributed by atoms with Crippen LogP contribution in [-0.4, -0.2) is 52.4 Å². The summed E-state index contributed by atoms with van der Waals surface area (Å²) < 4.78 is 21.9. The number of nitrogens with zero attached hydrogens (tertiary/aromatic N) is 1. The Hall–Kier alpha value is -2.95. The summed E-state index contributed by atoms with van der Waals surface area (Å²) in [5.74, 6) is -1.96. The highest BCUT2D eigenvalue weighted by Gasteiger charge is 2.51. The standard InChI is InChI=1S/C16H20N2O9/c1-7(19)24-6-11-13(25-8(2)20)14(26-9(3)21)12(27-11)10-5-17-16(23)18(4)15(10)22/h5,11-14H,6H2,1-4H3,(H,17,23)/t11-,12+,13-,14+/m1/s1. The molecule has 0 radical (unpaired) electrons. The maximum atomic E-state index is 12.4. The average molecular weight is 384 g/mol. The number of ether oxygens (including phenoxy) is 4. The van der Waals surface area contributed by atoms with Crippen LogP contribution in [0.2, 0.25) is 0 Å². The molecule has 0 saturated carbocycles. The first-order chi connectivity index (χ1) is 12.6. The summed E-state index contributed by atoms with van der Waals surface area (Å²) in [7, 11) is 1.26. The molecule has 0 amide bonds. The van der Waals surface area contributed by atoms with Crippen molar-refractivity contribution < 1.29 is 33.3 Å². The zero-order valence-electron chi connectivity index (χ0n) is 15.2. The summed E-state index contributed by atoms with van der Waals surface area (Å²) in [6, 6.07) is 0. The Morgan fingerprint density at radius 2 is 1.67 bits per heavy atom. The average Bonchev–Trinajstić information content (AvgIpc) is 2.87. The number of H-pyrrole nitrogens is 1. The highest BCUT2D eigenvalue weighted by atomic mass is 16.6. The molecule has 1 N–H and O–H groups in total. The molecule has 11 heteroatoms. The van der Waals surface area contributed by atoms with Crippen molar-refractivity contribution in [1.82, 2.24) is 9.55 Å². The molecule has 1 saturated heterocycles. The van der Waals surface area contributed by atoms with Crippen molar-refractivity contribution in [2.24, 2.45) is 7.05 Å². The third-order valence-electron chi connectivity index (χ3n) is 3.88. The minimum absolute atomic E-state index is 0.00849. The van der Waals surface area contributed by atoms with Crippen LogP contribution < -0.4 is 11.2 Å². The second-order valence-corrected chi connectivity index (χ2v) is 5.96. The maximum Gasteiger partial charge on any atom is 0.328 e. The van der Waals surface area contributed by atoms with Crippen molar-refractivity contribution in [1.29, 1.82) is 0 Å². The Bertz CT molecular complexity index is 856. The Morgan fingerprint density at radius 3 is 2.22 bits per heavy atom. The molecule has 27 heavy (non-hydrogen) atoms. The number of hydrogen-bond donors (Lipinski definition) is 1. The Balaban J connectivity index is 2.47. The van der Waals surface area contributed by atoms with Crippen LogP contribution in [0, 0.1) is 0 Å². The van der Waals surface area contributed by atoms with Crippen LogP contribution >= 0.6 is 0 Å². The van der Waals surface area contributed by atoms with Gasteiger partial charge in [0.05, 0.1) is 5.56 Å². The van der Waals surface area contributed by atoms with Crippen LogP contribution in [0.3, 0.4) is 0 Å². The molecule has 0 unspecified atom stereocenters. The summed E-state index contributed by atoms with van der Waals surface area (Å²) in [4.78, 5) is 60.5. The van der Waals surface area contributed by atoms with Gasteiger partial charge >= 0.3 is 23.6 Å². The van der Waals surface area contributed by atoms with Gasteiger partial charge in [-0.2, -0.15) is 0 Å². The second-order valence-electron chi connectivity index (χ2n) is 5.96. The lowest BCUT2D eigenvalue weighted by atomic mass is 10.0. The van der Waals surface area contributed by atoms with Crippen molar-refractivity contribution in [2.75, 3.05) is 6.61 Å². The van der Waals surface area contributed by atoms with E-state index < -0.39 is 53.6 Å². The summed E-state index contributed by atoms with van der Waals surface area (Å²) in [6.07, 6.45) is -3.28. The van der Waals surface area contributed by atoms with Crippen molar-refractivity contribution in [3.63, 3.8) is 0 Å². The third-order valence-corrected chi connectivity index (χ3v) is 3.88. The number of aromatic amines is 1. The van der Waals surface area contributed by atoms with Crippen molar-refractivity contribution in [3.8, 4) is 0 Å². The summed E-state index contributed by atoms with van der Waals surface area (Å²) >= 11 is 0. The Kier molecular flexibility index (Phi) is 6.16. The van der Waals surface area contributed by atoms with Crippen molar-refractivity contribution in [3.05, 3.63) is 32.6 Å². The number of esters is 3. The number of carbonyl (C=O) groups is 3. The highest BCUT2D eigenvalue weighted by molar-refractivity contribution is 5.68. The van der Waals surface area contributed by atoms with E-state index in [-0.39, 0.29) is 12.2 Å². The smallest absolute Gasteiger partial charge is 0.328 e. The summed E-state index contributed by atoms with van der Waals surface area (Å²) in [6.45, 7) is 3.20. The van der Waals surface area contributed by atoms with Gasteiger partial charge in [0.15, 0.2) is 12.2 Å². The number of hydrogen-bond acceptors (Lipinski definition) is 9. The number of rotatable bonds is 5. The van der Waals surface area contributed by atoms with Gasteiger partial charge in [-0.05, 0) is 0 Å². The molecular weight excluding hydrogens is 364 g/mol. The first-order valence-electron chi connectivity index (χ1n) is 8.03. The third kappa shape index (κ3) is 4.61. The fourth-order valence-corrected chi connectivity index (χ4v) is 2.75. The van der Waals surface area contributed by atoms with Crippen LogP contribution in [0.15, 0.2) is 15.8 Å². The van der Waals surface area contributed by atoms with Crippen molar-refractivity contribution >= 4 is 17.9 Å². The molecule has 0 spiro atoms. The fourth-order valence-electron chi connectivity index (χ4n) is 2.75. The zero-order chi connectivity index (χ0) is 20.3. The summed E-state index contributed by atoms with van der Waals surface area (Å²) in [5.41, 5.74) is -1.32. The molecule has 1 fully saturated rings. The molecule has 2 rings (SSSR count).